The fourth-order valence-electron chi connectivity index (χ4n) is 8.38. The van der Waals surface area contributed by atoms with Crippen molar-refractivity contribution in [2.24, 2.45) is 0 Å². The van der Waals surface area contributed by atoms with Crippen LogP contribution in [0.2, 0.25) is 0 Å². The van der Waals surface area contributed by atoms with E-state index in [4.69, 9.17) is 0 Å². The van der Waals surface area contributed by atoms with E-state index < -0.39 is 0 Å². The highest BCUT2D eigenvalue weighted by Crippen LogP contribution is 2.58. The van der Waals surface area contributed by atoms with E-state index in [0.717, 1.165) is 31.6 Å². The number of hydrogen-bond acceptors (Lipinski definition) is 5. The molecule has 3 aromatic rings. The highest BCUT2D eigenvalue weighted by atomic mass is 16.2. The molecule has 7 heteroatoms. The Hall–Kier alpha value is -3.84. The number of carbonyl (C=O) groups is 2. The fourth-order valence-corrected chi connectivity index (χ4v) is 8.38. The van der Waals surface area contributed by atoms with Gasteiger partial charge in [-0.15, -0.1) is 0 Å². The molecular weight excluding hydrogens is 546 g/mol. The summed E-state index contributed by atoms with van der Waals surface area (Å²) in [7, 11) is 2.24. The van der Waals surface area contributed by atoms with Crippen molar-refractivity contribution in [3.63, 3.8) is 0 Å². The maximum Gasteiger partial charge on any atom is 0.242 e. The summed E-state index contributed by atoms with van der Waals surface area (Å²) in [5, 5.41) is 9.73. The number of rotatable bonds is 11. The maximum absolute atomic E-state index is 12.5. The first-order chi connectivity index (χ1) is 21.6. The zero-order valence-corrected chi connectivity index (χ0v) is 25.9. The molecule has 2 unspecified atom stereocenters. The molecule has 2 amide bonds. The molecule has 7 rings (SSSR count). The molecule has 2 bridgehead atoms. The molecule has 3 aromatic carbocycles. The van der Waals surface area contributed by atoms with Crippen LogP contribution in [0.1, 0.15) is 67.9 Å². The van der Waals surface area contributed by atoms with Gasteiger partial charge in [0.25, 0.3) is 0 Å². The molecule has 2 aliphatic carbocycles. The molecule has 1 saturated carbocycles. The van der Waals surface area contributed by atoms with Crippen LogP contribution >= 0.6 is 0 Å². The Morgan fingerprint density at radius 1 is 0.750 bits per heavy atom. The SMILES string of the molecule is CN1CCC[C@H]1CNc1ccc(-c2ccc(-c3ccc(NC[C@@H]4CCCN4C(=O)CNC=O)cc3)c3c2C2CCC3C2)cc1. The van der Waals surface area contributed by atoms with Gasteiger partial charge in [-0.25, -0.2) is 0 Å². The minimum absolute atomic E-state index is 0.0108. The lowest BCUT2D eigenvalue weighted by Crippen LogP contribution is -2.43. The summed E-state index contributed by atoms with van der Waals surface area (Å²) in [6.45, 7) is 3.76. The van der Waals surface area contributed by atoms with Crippen molar-refractivity contribution in [1.82, 2.24) is 15.1 Å². The number of fused-ring (bicyclic) bond motifs is 5. The lowest BCUT2D eigenvalue weighted by molar-refractivity contribution is -0.131. The predicted octanol–water partition coefficient (Wildman–Crippen LogP) is 6.04. The normalized spacial score (nSPS) is 24.0. The van der Waals surface area contributed by atoms with E-state index in [9.17, 15) is 9.59 Å². The number of anilines is 2. The van der Waals surface area contributed by atoms with Gasteiger partial charge in [0.05, 0.1) is 6.54 Å². The van der Waals surface area contributed by atoms with Gasteiger partial charge in [0, 0.05) is 43.1 Å². The average molecular weight is 592 g/mol. The summed E-state index contributed by atoms with van der Waals surface area (Å²) in [4.78, 5) is 27.4. The summed E-state index contributed by atoms with van der Waals surface area (Å²) in [6, 6.07) is 23.5. The second-order valence-electron chi connectivity index (χ2n) is 13.3. The molecule has 230 valence electrons. The number of amides is 2. The average Bonchev–Trinajstić information content (AvgIpc) is 3.88. The number of nitrogens with zero attached hydrogens (tertiary/aromatic N) is 2. The molecule has 2 aliphatic heterocycles. The van der Waals surface area contributed by atoms with E-state index in [1.807, 2.05) is 4.90 Å². The predicted molar refractivity (Wildman–Crippen MR) is 178 cm³/mol. The Morgan fingerprint density at radius 2 is 1.30 bits per heavy atom. The third-order valence-electron chi connectivity index (χ3n) is 10.7. The van der Waals surface area contributed by atoms with Crippen molar-refractivity contribution in [3.8, 4) is 22.3 Å². The van der Waals surface area contributed by atoms with Crippen LogP contribution in [0, 0.1) is 0 Å². The summed E-state index contributed by atoms with van der Waals surface area (Å²) in [6.07, 6.45) is 9.04. The Balaban J connectivity index is 1.05. The first-order valence-corrected chi connectivity index (χ1v) is 16.6. The van der Waals surface area contributed by atoms with Crippen LogP contribution in [0.4, 0.5) is 11.4 Å². The van der Waals surface area contributed by atoms with Gasteiger partial charge in [-0.05, 0) is 128 Å². The molecule has 4 aliphatic rings. The molecule has 44 heavy (non-hydrogen) atoms. The molecule has 0 spiro atoms. The highest BCUT2D eigenvalue weighted by molar-refractivity contribution is 5.82. The summed E-state index contributed by atoms with van der Waals surface area (Å²) in [5.41, 5.74) is 10.8. The van der Waals surface area contributed by atoms with Crippen LogP contribution in [0.25, 0.3) is 22.3 Å². The topological polar surface area (TPSA) is 76.7 Å². The van der Waals surface area contributed by atoms with E-state index in [2.05, 4.69) is 88.6 Å². The van der Waals surface area contributed by atoms with Gasteiger partial charge in [0.2, 0.25) is 12.3 Å². The number of likely N-dealkylation sites (tertiary alicyclic amines) is 2. The van der Waals surface area contributed by atoms with Crippen molar-refractivity contribution < 1.29 is 9.59 Å². The largest absolute Gasteiger partial charge is 0.383 e. The van der Waals surface area contributed by atoms with Crippen molar-refractivity contribution in [2.45, 2.75) is 68.9 Å². The van der Waals surface area contributed by atoms with Crippen molar-refractivity contribution >= 4 is 23.7 Å². The van der Waals surface area contributed by atoms with Crippen molar-refractivity contribution in [1.29, 1.82) is 0 Å². The van der Waals surface area contributed by atoms with Gasteiger partial charge >= 0.3 is 0 Å². The molecule has 2 heterocycles. The maximum atomic E-state index is 12.5. The zero-order chi connectivity index (χ0) is 30.0. The summed E-state index contributed by atoms with van der Waals surface area (Å²) >= 11 is 0. The minimum atomic E-state index is -0.0108. The Labute approximate surface area is 261 Å². The zero-order valence-electron chi connectivity index (χ0n) is 25.9. The van der Waals surface area contributed by atoms with Gasteiger partial charge in [-0.1, -0.05) is 36.4 Å². The van der Waals surface area contributed by atoms with Crippen LogP contribution in [0.5, 0.6) is 0 Å². The molecule has 2 saturated heterocycles. The fraction of sp³-hybridized carbons (Fsp3) is 0.459. The van der Waals surface area contributed by atoms with Gasteiger partial charge in [0.1, 0.15) is 0 Å². The lowest BCUT2D eigenvalue weighted by Gasteiger charge is -2.25. The summed E-state index contributed by atoms with van der Waals surface area (Å²) in [5.74, 6) is 1.32. The number of likely N-dealkylation sites (N-methyl/N-ethyl adjacent to an activating group) is 1. The molecule has 3 fully saturated rings. The highest BCUT2D eigenvalue weighted by Gasteiger charge is 2.40. The van der Waals surface area contributed by atoms with Gasteiger partial charge in [0.15, 0.2) is 0 Å². The standard InChI is InChI=1S/C37H45N5O2/c1-41-18-2-4-31(41)21-39-29-12-8-25(9-13-29)33-16-17-34(37-28-7-6-27(20-28)36(33)37)26-10-14-30(15-11-26)40-22-32-5-3-19-42(32)35(44)23-38-24-43/h8-17,24,27-28,31-32,39-40H,2-7,18-23H2,1H3,(H,38,43)/t27?,28?,31-,32-/m0/s1. The van der Waals surface area contributed by atoms with Crippen LogP contribution in [-0.4, -0.2) is 74.0 Å². The number of hydrogen-bond donors (Lipinski definition) is 3. The Bertz CT molecular complexity index is 1490. The second kappa shape index (κ2) is 12.6. The van der Waals surface area contributed by atoms with Crippen LogP contribution in [0.3, 0.4) is 0 Å². The van der Waals surface area contributed by atoms with Crippen molar-refractivity contribution in [3.05, 3.63) is 71.8 Å². The second-order valence-corrected chi connectivity index (χ2v) is 13.3. The van der Waals surface area contributed by atoms with Crippen LogP contribution < -0.4 is 16.0 Å². The number of carbonyl (C=O) groups excluding carboxylic acids is 2. The third kappa shape index (κ3) is 5.70. The molecule has 0 radical (unpaired) electrons. The molecule has 7 nitrogen and oxygen atoms in total. The molecular formula is C37H45N5O2. The van der Waals surface area contributed by atoms with E-state index >= 15 is 0 Å². The van der Waals surface area contributed by atoms with Crippen molar-refractivity contribution in [2.75, 3.05) is 50.4 Å². The molecule has 3 N–H and O–H groups in total. The first-order valence-electron chi connectivity index (χ1n) is 16.6. The van der Waals surface area contributed by atoms with E-state index in [-0.39, 0.29) is 18.5 Å². The molecule has 4 atom stereocenters. The Morgan fingerprint density at radius 3 is 1.84 bits per heavy atom. The van der Waals surface area contributed by atoms with Crippen LogP contribution in [-0.2, 0) is 9.59 Å². The van der Waals surface area contributed by atoms with Gasteiger partial charge < -0.3 is 25.8 Å². The monoisotopic (exact) mass is 591 g/mol. The lowest BCUT2D eigenvalue weighted by atomic mass is 9.81. The quantitative estimate of drug-likeness (QED) is 0.237. The van der Waals surface area contributed by atoms with Crippen LogP contribution in [0.15, 0.2) is 60.7 Å². The summed E-state index contributed by atoms with van der Waals surface area (Å²) < 4.78 is 0. The molecule has 0 aromatic heterocycles. The minimum Gasteiger partial charge on any atom is -0.383 e. The number of nitrogens with one attached hydrogen (secondary N) is 3. The van der Waals surface area contributed by atoms with E-state index in [1.54, 1.807) is 11.1 Å². The smallest absolute Gasteiger partial charge is 0.242 e. The van der Waals surface area contributed by atoms with E-state index in [0.29, 0.717) is 30.8 Å². The third-order valence-corrected chi connectivity index (χ3v) is 10.7. The number of benzene rings is 3. The van der Waals surface area contributed by atoms with Gasteiger partial charge in [-0.3, -0.25) is 9.59 Å². The Kier molecular flexibility index (Phi) is 8.30. The van der Waals surface area contributed by atoms with E-state index in [1.165, 1.54) is 66.6 Å². The van der Waals surface area contributed by atoms with Gasteiger partial charge in [-0.2, -0.15) is 0 Å². The first kappa shape index (κ1) is 28.9.